The number of hydrogen-bond donors (Lipinski definition) is 19. The van der Waals surface area contributed by atoms with Crippen LogP contribution >= 0.6 is 0 Å². The number of cyclic esters (lactones) is 1. The molecule has 6 heterocycles. The summed E-state index contributed by atoms with van der Waals surface area (Å²) in [5, 5.41) is 193. The molecule has 6 aliphatic rings. The predicted octanol–water partition coefficient (Wildman–Crippen LogP) is -4.84. The molecular formula is C64H104N4O26. The Morgan fingerprint density at radius 2 is 1.22 bits per heavy atom. The third-order valence-electron chi connectivity index (χ3n) is 18.1. The van der Waals surface area contributed by atoms with Gasteiger partial charge in [-0.3, -0.25) is 15.0 Å². The van der Waals surface area contributed by atoms with Crippen LogP contribution in [0.4, 0.5) is 0 Å². The number of allylic oxidation sites excluding steroid dienone is 12. The van der Waals surface area contributed by atoms with Crippen LogP contribution in [0.1, 0.15) is 79.1 Å². The standard InChI is InChI=1S/C64H104N4O26/c1-35-18-16-14-12-10-8-6-7-9-11-13-15-17-19-42(91-61-55(81)51(53(79)38(4)90-61)65-34-64(87)59(84)58(46(76)33-88-64)93-62-57(83)56(82)54(80)48(32-69)92-62)29-47-50(60(85)66-68-24-22-67(5)23-25-68)45(75)31-63(86,94-47)30-41(72)27-44(74)43(73)21-20-39(70)26-40(71)28-49(77)89-37(3)36(2)52(35)78/h6-19,35-48,50-59,61-62,65,69-76,78-84,86-87H,20-34H2,1-5H3,(H,66,85)/b7-6+,10-8+,11-9+,14-12+,15-13+,18-16+,19-17+/t35-,36?,37-,38+,39+,40+,41-,42-,43+,44+,45-,46+,47?,48+,50?,51-,52+,53+,54+,55-,56-,57+,58+,59-,61-,62?,63+,64+/m0/s1. The average Bonchev–Trinajstić information content (AvgIpc) is 0.789. The van der Waals surface area contributed by atoms with Gasteiger partial charge in [-0.2, -0.15) is 0 Å². The molecule has 0 aliphatic carbocycles. The molecule has 0 spiro atoms. The molecule has 0 saturated carbocycles. The summed E-state index contributed by atoms with van der Waals surface area (Å²) in [6, 6.07) is -1.47. The summed E-state index contributed by atoms with van der Waals surface area (Å²) in [5.41, 5.74) is 2.85. The van der Waals surface area contributed by atoms with E-state index in [1.807, 2.05) is 14.0 Å². The molecule has 19 N–H and O–H groups in total. The minimum Gasteiger partial charge on any atom is -0.462 e. The van der Waals surface area contributed by atoms with Crippen LogP contribution in [0.5, 0.6) is 0 Å². The number of amides is 1. The topological polar surface area (TPSA) is 473 Å². The van der Waals surface area contributed by atoms with E-state index in [0.717, 1.165) is 0 Å². The molecule has 0 aromatic heterocycles. The highest BCUT2D eigenvalue weighted by Crippen LogP contribution is 2.39. The zero-order valence-corrected chi connectivity index (χ0v) is 53.9. The van der Waals surface area contributed by atoms with Crippen LogP contribution in [0.2, 0.25) is 0 Å². The largest absolute Gasteiger partial charge is 0.462 e. The van der Waals surface area contributed by atoms with Crippen molar-refractivity contribution >= 4 is 11.9 Å². The van der Waals surface area contributed by atoms with Gasteiger partial charge in [0.25, 0.3) is 0 Å². The molecule has 5 saturated heterocycles. The number of fused-ring (bicyclic) bond motifs is 2. The van der Waals surface area contributed by atoms with Gasteiger partial charge < -0.3 is 130 Å². The highest BCUT2D eigenvalue weighted by molar-refractivity contribution is 5.79. The van der Waals surface area contributed by atoms with E-state index in [0.29, 0.717) is 26.2 Å². The van der Waals surface area contributed by atoms with Crippen molar-refractivity contribution in [3.05, 3.63) is 85.1 Å². The highest BCUT2D eigenvalue weighted by Gasteiger charge is 2.55. The summed E-state index contributed by atoms with van der Waals surface area (Å²) in [4.78, 5) is 29.3. The first kappa shape index (κ1) is 79.1. The van der Waals surface area contributed by atoms with Crippen LogP contribution in [0.25, 0.3) is 0 Å². The maximum Gasteiger partial charge on any atom is 0.308 e. The molecule has 536 valence electrons. The highest BCUT2D eigenvalue weighted by atomic mass is 16.7. The van der Waals surface area contributed by atoms with Crippen LogP contribution in [0, 0.1) is 17.8 Å². The molecule has 94 heavy (non-hydrogen) atoms. The summed E-state index contributed by atoms with van der Waals surface area (Å²) >= 11 is 0. The molecule has 0 radical (unpaired) electrons. The molecule has 4 unspecified atom stereocenters. The Hall–Kier alpha value is -3.92. The van der Waals surface area contributed by atoms with E-state index in [9.17, 15) is 96.4 Å². The molecule has 6 aliphatic heterocycles. The van der Waals surface area contributed by atoms with Crippen LogP contribution in [0.15, 0.2) is 85.1 Å². The summed E-state index contributed by atoms with van der Waals surface area (Å²) in [6.07, 6.45) is -13.6. The predicted molar refractivity (Wildman–Crippen MR) is 332 cm³/mol. The van der Waals surface area contributed by atoms with Crippen molar-refractivity contribution in [1.82, 2.24) is 20.7 Å². The maximum atomic E-state index is 14.4. The fourth-order valence-corrected chi connectivity index (χ4v) is 12.1. The molecule has 28 atom stereocenters. The van der Waals surface area contributed by atoms with E-state index in [1.165, 1.54) is 13.0 Å². The Kier molecular flexibility index (Phi) is 31.4. The third-order valence-corrected chi connectivity index (χ3v) is 18.1. The molecule has 30 heteroatoms. The molecule has 6 rings (SSSR count). The first-order valence-electron chi connectivity index (χ1n) is 32.3. The normalized spacial score (nSPS) is 46.4. The number of ether oxygens (including phenoxy) is 7. The van der Waals surface area contributed by atoms with Gasteiger partial charge in [0.15, 0.2) is 18.4 Å². The summed E-state index contributed by atoms with van der Waals surface area (Å²) in [7, 11) is 1.92. The van der Waals surface area contributed by atoms with E-state index < -0.39 is 228 Å². The molecule has 0 aromatic carbocycles. The number of esters is 1. The van der Waals surface area contributed by atoms with Crippen molar-refractivity contribution in [3.8, 4) is 0 Å². The summed E-state index contributed by atoms with van der Waals surface area (Å²) in [5.74, 6) is -8.81. The fraction of sp³-hybridized carbons (Fsp3) is 0.750. The number of rotatable bonds is 10. The molecule has 5 fully saturated rings. The van der Waals surface area contributed by atoms with Crippen LogP contribution < -0.4 is 10.7 Å². The van der Waals surface area contributed by atoms with Crippen LogP contribution in [-0.4, -0.2) is 314 Å². The number of aliphatic hydroxyl groups is 17. The number of aliphatic hydroxyl groups excluding tert-OH is 15. The van der Waals surface area contributed by atoms with E-state index in [1.54, 1.807) is 97.8 Å². The van der Waals surface area contributed by atoms with Crippen molar-refractivity contribution < 1.29 is 130 Å². The minimum absolute atomic E-state index is 0.153. The number of hydrazine groups is 1. The molecule has 2 bridgehead atoms. The third kappa shape index (κ3) is 22.8. The first-order chi connectivity index (χ1) is 44.4. The monoisotopic (exact) mass is 1340 g/mol. The fourth-order valence-electron chi connectivity index (χ4n) is 12.1. The van der Waals surface area contributed by atoms with E-state index >= 15 is 0 Å². The smallest absolute Gasteiger partial charge is 0.308 e. The van der Waals surface area contributed by atoms with Gasteiger partial charge in [0.05, 0.1) is 105 Å². The number of carbonyl (C=O) groups is 2. The second kappa shape index (κ2) is 37.3. The zero-order chi connectivity index (χ0) is 69.2. The molecule has 30 nitrogen and oxygen atoms in total. The number of nitrogens with one attached hydrogen (secondary N) is 2. The van der Waals surface area contributed by atoms with Gasteiger partial charge >= 0.3 is 5.97 Å². The Labute approximate surface area is 547 Å². The number of piperazine rings is 1. The van der Waals surface area contributed by atoms with Crippen LogP contribution in [-0.2, 0) is 42.7 Å². The number of nitrogens with zero attached hydrogens (tertiary/aromatic N) is 2. The Balaban J connectivity index is 1.26. The van der Waals surface area contributed by atoms with Gasteiger partial charge in [-0.1, -0.05) is 98.9 Å². The SMILES string of the molecule is CC1[C@H](C)OC(=O)C[C@H](O)C[C@H](O)CC[C@@H](O)[C@H](O)C[C@H](O)C[C@]2(O)C[C@H](O)C(C(=O)NN3CCN(C)CC3)C(C[C@@H](O[C@@H]3O[C@H](C)[C@@H](O)[C@H](NC[C@@]4(O)OC[C@@H](O)[C@@H](OC5O[C@H](CO)[C@@H](O)[C@H](O)[C@H]5O)[C@@H]4O)[C@@H]3O)/C=C/C=C/C=C/C=C/C=C/C=C/C=C/[C@H](C)[C@H]1O)O2. The van der Waals surface area contributed by atoms with Gasteiger partial charge in [0, 0.05) is 63.7 Å². The van der Waals surface area contributed by atoms with Crippen molar-refractivity contribution in [1.29, 1.82) is 0 Å². The zero-order valence-electron chi connectivity index (χ0n) is 53.9. The lowest BCUT2D eigenvalue weighted by molar-refractivity contribution is -0.368. The van der Waals surface area contributed by atoms with Gasteiger partial charge in [0.1, 0.15) is 54.9 Å². The van der Waals surface area contributed by atoms with E-state index in [-0.39, 0.29) is 25.2 Å². The molecule has 0 aromatic rings. The van der Waals surface area contributed by atoms with Crippen LogP contribution in [0.3, 0.4) is 0 Å². The van der Waals surface area contributed by atoms with Gasteiger partial charge in [-0.25, -0.2) is 5.01 Å². The molecular weight excluding hydrogens is 1240 g/mol. The summed E-state index contributed by atoms with van der Waals surface area (Å²) < 4.78 is 40.9. The minimum atomic E-state index is -2.67. The number of likely N-dealkylation sites (N-methyl/N-ethyl adjacent to an activating group) is 1. The van der Waals surface area contributed by atoms with Gasteiger partial charge in [-0.05, 0) is 40.2 Å². The van der Waals surface area contributed by atoms with Crippen molar-refractivity contribution in [2.24, 2.45) is 17.8 Å². The lowest BCUT2D eigenvalue weighted by Crippen LogP contribution is -2.70. The Morgan fingerprint density at radius 1 is 0.617 bits per heavy atom. The number of carbonyl (C=O) groups excluding carboxylic acids is 2. The first-order valence-corrected chi connectivity index (χ1v) is 32.3. The number of hydrogen-bond acceptors (Lipinski definition) is 29. The van der Waals surface area contributed by atoms with Crippen molar-refractivity contribution in [2.75, 3.05) is 53.0 Å². The summed E-state index contributed by atoms with van der Waals surface area (Å²) in [6.45, 7) is 6.32. The second-order valence-electron chi connectivity index (χ2n) is 25.8. The lowest BCUT2D eigenvalue weighted by Gasteiger charge is -2.48. The quantitative estimate of drug-likeness (QED) is 0.0913. The maximum absolute atomic E-state index is 14.4. The Bertz CT molecular complexity index is 2520. The molecule has 1 amide bonds. The van der Waals surface area contributed by atoms with E-state index in [2.05, 4.69) is 15.6 Å². The Morgan fingerprint density at radius 3 is 1.85 bits per heavy atom. The lowest BCUT2D eigenvalue weighted by atomic mass is 9.82. The van der Waals surface area contributed by atoms with Crippen molar-refractivity contribution in [2.45, 2.75) is 231 Å². The van der Waals surface area contributed by atoms with E-state index in [4.69, 9.17) is 33.2 Å². The van der Waals surface area contributed by atoms with Crippen molar-refractivity contribution in [3.63, 3.8) is 0 Å². The van der Waals surface area contributed by atoms with Gasteiger partial charge in [-0.15, -0.1) is 0 Å². The second-order valence-corrected chi connectivity index (χ2v) is 25.8. The van der Waals surface area contributed by atoms with Gasteiger partial charge in [0.2, 0.25) is 11.7 Å². The average molecular weight is 1350 g/mol.